The third kappa shape index (κ3) is 2.01. The van der Waals surface area contributed by atoms with E-state index in [4.69, 9.17) is 9.84 Å². The van der Waals surface area contributed by atoms with Crippen LogP contribution < -0.4 is 5.32 Å². The summed E-state index contributed by atoms with van der Waals surface area (Å²) in [5, 5.41) is 20.6. The second-order valence-electron chi connectivity index (χ2n) is 3.91. The van der Waals surface area contributed by atoms with Crippen LogP contribution in [0.15, 0.2) is 0 Å². The van der Waals surface area contributed by atoms with E-state index < -0.39 is 24.5 Å². The summed E-state index contributed by atoms with van der Waals surface area (Å²) in [5.74, 6) is -0.307. The molecule has 0 spiro atoms. The molecule has 2 rings (SSSR count). The van der Waals surface area contributed by atoms with E-state index in [-0.39, 0.29) is 31.9 Å². The number of hydrogen-bond donors (Lipinski definition) is 3. The van der Waals surface area contributed by atoms with Gasteiger partial charge in [-0.2, -0.15) is 0 Å². The van der Waals surface area contributed by atoms with E-state index in [9.17, 15) is 14.7 Å². The van der Waals surface area contributed by atoms with Crippen LogP contribution in [-0.4, -0.2) is 58.6 Å². The number of urea groups is 1. The van der Waals surface area contributed by atoms with Gasteiger partial charge in [-0.25, -0.2) is 4.79 Å². The van der Waals surface area contributed by atoms with Gasteiger partial charge in [-0.15, -0.1) is 0 Å². The minimum atomic E-state index is -0.777. The van der Waals surface area contributed by atoms with Gasteiger partial charge in [-0.05, 0) is 0 Å². The molecule has 16 heavy (non-hydrogen) atoms. The molecule has 1 unspecified atom stereocenters. The van der Waals surface area contributed by atoms with E-state index in [2.05, 4.69) is 5.32 Å². The van der Waals surface area contributed by atoms with Crippen molar-refractivity contribution in [2.75, 3.05) is 13.2 Å². The van der Waals surface area contributed by atoms with Gasteiger partial charge in [0.1, 0.15) is 12.3 Å². The second-order valence-corrected chi connectivity index (χ2v) is 3.91. The molecule has 0 bridgehead atoms. The van der Waals surface area contributed by atoms with Crippen LogP contribution in [0.3, 0.4) is 0 Å². The van der Waals surface area contributed by atoms with E-state index in [0.717, 1.165) is 0 Å². The molecule has 3 atom stereocenters. The molecule has 2 aliphatic rings. The summed E-state index contributed by atoms with van der Waals surface area (Å²) in [4.78, 5) is 23.8. The molecule has 90 valence electrons. The summed E-state index contributed by atoms with van der Waals surface area (Å²) >= 11 is 0. The molecule has 3 amide bonds. The lowest BCUT2D eigenvalue weighted by Crippen LogP contribution is -2.53. The van der Waals surface area contributed by atoms with Crippen molar-refractivity contribution in [3.8, 4) is 0 Å². The molecule has 2 heterocycles. The number of hydrogen-bond acceptors (Lipinski definition) is 5. The van der Waals surface area contributed by atoms with Gasteiger partial charge in [0.2, 0.25) is 5.91 Å². The number of imide groups is 1. The highest BCUT2D eigenvalue weighted by atomic mass is 16.5. The van der Waals surface area contributed by atoms with Crippen LogP contribution in [0.2, 0.25) is 0 Å². The molecule has 2 aliphatic heterocycles. The summed E-state index contributed by atoms with van der Waals surface area (Å²) in [6.07, 6.45) is -1.52. The predicted molar refractivity (Wildman–Crippen MR) is 51.2 cm³/mol. The molecule has 0 aliphatic carbocycles. The van der Waals surface area contributed by atoms with Crippen LogP contribution in [0.4, 0.5) is 4.79 Å². The Balaban J connectivity index is 1.98. The van der Waals surface area contributed by atoms with Gasteiger partial charge in [0.25, 0.3) is 0 Å². The Bertz CT molecular complexity index is 308. The normalized spacial score (nSPS) is 35.4. The smallest absolute Gasteiger partial charge is 0.326 e. The fourth-order valence-electron chi connectivity index (χ4n) is 1.92. The van der Waals surface area contributed by atoms with Gasteiger partial charge in [0.05, 0.1) is 12.7 Å². The van der Waals surface area contributed by atoms with Gasteiger partial charge in [0.15, 0.2) is 0 Å². The van der Waals surface area contributed by atoms with E-state index in [1.807, 2.05) is 0 Å². The molecular weight excluding hydrogens is 216 g/mol. The first kappa shape index (κ1) is 11.3. The average molecular weight is 230 g/mol. The van der Waals surface area contributed by atoms with Crippen molar-refractivity contribution in [2.24, 2.45) is 0 Å². The number of aliphatic hydroxyl groups excluding tert-OH is 2. The van der Waals surface area contributed by atoms with Gasteiger partial charge in [-0.3, -0.25) is 15.0 Å². The minimum absolute atomic E-state index is 0.228. The summed E-state index contributed by atoms with van der Waals surface area (Å²) in [7, 11) is 0. The first-order valence-electron chi connectivity index (χ1n) is 5.16. The van der Waals surface area contributed by atoms with E-state index in [1.165, 1.54) is 4.90 Å². The lowest BCUT2D eigenvalue weighted by Gasteiger charge is -2.31. The lowest BCUT2D eigenvalue weighted by atomic mass is 10.2. The number of rotatable bonds is 2. The number of carbonyl (C=O) groups is 2. The molecule has 0 radical (unpaired) electrons. The molecule has 7 heteroatoms. The van der Waals surface area contributed by atoms with Crippen LogP contribution in [-0.2, 0) is 9.53 Å². The number of nitrogens with zero attached hydrogens (tertiary/aromatic N) is 1. The van der Waals surface area contributed by atoms with Gasteiger partial charge >= 0.3 is 6.03 Å². The van der Waals surface area contributed by atoms with Crippen molar-refractivity contribution in [1.82, 2.24) is 10.2 Å². The largest absolute Gasteiger partial charge is 0.394 e. The van der Waals surface area contributed by atoms with Crippen molar-refractivity contribution in [3.05, 3.63) is 0 Å². The van der Waals surface area contributed by atoms with Gasteiger partial charge in [0, 0.05) is 19.4 Å². The lowest BCUT2D eigenvalue weighted by molar-refractivity contribution is -0.123. The summed E-state index contributed by atoms with van der Waals surface area (Å²) in [6.45, 7) is -0.00768. The van der Waals surface area contributed by atoms with Crippen LogP contribution in [0.25, 0.3) is 0 Å². The monoisotopic (exact) mass is 230 g/mol. The van der Waals surface area contributed by atoms with Crippen LogP contribution in [0, 0.1) is 0 Å². The van der Waals surface area contributed by atoms with Crippen LogP contribution >= 0.6 is 0 Å². The van der Waals surface area contributed by atoms with Crippen molar-refractivity contribution >= 4 is 11.9 Å². The molecule has 3 N–H and O–H groups in total. The Hall–Kier alpha value is -1.18. The Morgan fingerprint density at radius 1 is 1.50 bits per heavy atom. The van der Waals surface area contributed by atoms with E-state index in [0.29, 0.717) is 0 Å². The first-order valence-corrected chi connectivity index (χ1v) is 5.16. The molecule has 0 aromatic heterocycles. The number of carbonyl (C=O) groups excluding carboxylic acids is 2. The van der Waals surface area contributed by atoms with Crippen molar-refractivity contribution in [2.45, 2.75) is 31.3 Å². The fraction of sp³-hybridized carbons (Fsp3) is 0.778. The number of nitrogens with one attached hydrogen (secondary N) is 1. The molecule has 0 saturated carbocycles. The van der Waals surface area contributed by atoms with Crippen molar-refractivity contribution in [3.63, 3.8) is 0 Å². The van der Waals surface area contributed by atoms with Crippen molar-refractivity contribution in [1.29, 1.82) is 0 Å². The molecule has 0 aromatic carbocycles. The predicted octanol–water partition coefficient (Wildman–Crippen LogP) is -1.60. The number of aliphatic hydroxyl groups is 2. The number of ether oxygens (including phenoxy) is 1. The highest BCUT2D eigenvalue weighted by Gasteiger charge is 2.40. The molecular formula is C9H14N2O5. The Labute approximate surface area is 92.0 Å². The first-order chi connectivity index (χ1) is 7.61. The second kappa shape index (κ2) is 4.36. The van der Waals surface area contributed by atoms with E-state index in [1.54, 1.807) is 0 Å². The zero-order valence-electron chi connectivity index (χ0n) is 8.63. The standard InChI is InChI=1S/C9H14N2O5/c12-4-6-5(13)3-8(16-6)11-2-1-7(14)10-9(11)15/h5-6,8,12-13H,1-4H2,(H,10,14,15)/t5?,6-,8-/m0/s1. The summed E-state index contributed by atoms with van der Waals surface area (Å²) in [5.41, 5.74) is 0. The van der Waals surface area contributed by atoms with Crippen LogP contribution in [0.5, 0.6) is 0 Å². The topological polar surface area (TPSA) is 99.1 Å². The SMILES string of the molecule is O=C1CCN([C@@H]2CC(O)[C@H](CO)O2)C(=O)N1. The highest BCUT2D eigenvalue weighted by molar-refractivity contribution is 5.96. The minimum Gasteiger partial charge on any atom is -0.394 e. The van der Waals surface area contributed by atoms with Gasteiger partial charge in [-0.1, -0.05) is 0 Å². The average Bonchev–Trinajstić information content (AvgIpc) is 2.59. The fourth-order valence-corrected chi connectivity index (χ4v) is 1.92. The summed E-state index contributed by atoms with van der Waals surface area (Å²) in [6, 6.07) is -0.507. The zero-order chi connectivity index (χ0) is 11.7. The zero-order valence-corrected chi connectivity index (χ0v) is 8.63. The maximum atomic E-state index is 11.5. The summed E-state index contributed by atoms with van der Waals surface area (Å²) < 4.78 is 5.32. The Morgan fingerprint density at radius 3 is 2.81 bits per heavy atom. The maximum absolute atomic E-state index is 11.5. The maximum Gasteiger partial charge on any atom is 0.326 e. The van der Waals surface area contributed by atoms with E-state index >= 15 is 0 Å². The Kier molecular flexibility index (Phi) is 3.08. The molecule has 2 saturated heterocycles. The highest BCUT2D eigenvalue weighted by Crippen LogP contribution is 2.24. The quantitative estimate of drug-likeness (QED) is 0.530. The molecule has 0 aromatic rings. The third-order valence-electron chi connectivity index (χ3n) is 2.82. The van der Waals surface area contributed by atoms with Crippen LogP contribution in [0.1, 0.15) is 12.8 Å². The third-order valence-corrected chi connectivity index (χ3v) is 2.82. The molecule has 2 fully saturated rings. The number of amides is 3. The van der Waals surface area contributed by atoms with Crippen molar-refractivity contribution < 1.29 is 24.5 Å². The molecule has 7 nitrogen and oxygen atoms in total. The Morgan fingerprint density at radius 2 is 2.25 bits per heavy atom. The van der Waals surface area contributed by atoms with Gasteiger partial charge < -0.3 is 14.9 Å².